The molecule has 0 saturated carbocycles. The van der Waals surface area contributed by atoms with Crippen LogP contribution < -0.4 is 0 Å². The average molecular weight is 266 g/mol. The van der Waals surface area contributed by atoms with Crippen LogP contribution in [0.25, 0.3) is 0 Å². The molecule has 2 atom stereocenters. The lowest BCUT2D eigenvalue weighted by molar-refractivity contribution is -0.220. The van der Waals surface area contributed by atoms with E-state index in [9.17, 15) is 9.59 Å². The zero-order valence-corrected chi connectivity index (χ0v) is 10.8. The van der Waals surface area contributed by atoms with Crippen LogP contribution in [-0.4, -0.2) is 52.0 Å². The van der Waals surface area contributed by atoms with Crippen molar-refractivity contribution in [1.29, 1.82) is 0 Å². The van der Waals surface area contributed by atoms with E-state index in [4.69, 9.17) is 9.47 Å². The van der Waals surface area contributed by atoms with E-state index in [-0.39, 0.29) is 25.4 Å². The van der Waals surface area contributed by atoms with Crippen molar-refractivity contribution >= 4 is 12.3 Å². The number of hydrogen-bond donors (Lipinski definition) is 0. The van der Waals surface area contributed by atoms with Crippen LogP contribution in [0.1, 0.15) is 13.8 Å². The quantitative estimate of drug-likeness (QED) is 0.403. The molecule has 0 N–H and O–H groups in total. The molecular weight excluding hydrogens is 248 g/mol. The van der Waals surface area contributed by atoms with Gasteiger partial charge in [-0.2, -0.15) is 19.4 Å². The summed E-state index contributed by atoms with van der Waals surface area (Å²) in [5, 5.41) is 0. The van der Waals surface area contributed by atoms with E-state index in [1.165, 1.54) is 14.2 Å². The second-order valence-electron chi connectivity index (χ2n) is 3.38. The minimum absolute atomic E-state index is 0.0194. The predicted molar refractivity (Wildman–Crippen MR) is 57.8 cm³/mol. The van der Waals surface area contributed by atoms with Gasteiger partial charge in [-0.05, 0) is 13.8 Å². The molecule has 8 heteroatoms. The lowest BCUT2D eigenvalue weighted by Gasteiger charge is -2.10. The minimum atomic E-state index is -1.16. The molecule has 0 aromatic heterocycles. The smallest absolute Gasteiger partial charge is 0.429 e. The Balaban J connectivity index is 3.62. The summed E-state index contributed by atoms with van der Waals surface area (Å²) in [4.78, 5) is 29.9. The highest BCUT2D eigenvalue weighted by Crippen LogP contribution is 1.96. The zero-order valence-electron chi connectivity index (χ0n) is 10.8. The molecule has 18 heavy (non-hydrogen) atoms. The standard InChI is InChI=1S/C10H18O8/c1-7(13-3)5-15-9(11)17-18-10(12)16-6-8(2)14-4/h7-8H,5-6H2,1-4H3. The molecule has 0 aliphatic rings. The fraction of sp³-hybridized carbons (Fsp3) is 0.800. The first-order valence-electron chi connectivity index (χ1n) is 5.23. The van der Waals surface area contributed by atoms with Gasteiger partial charge in [-0.1, -0.05) is 0 Å². The van der Waals surface area contributed by atoms with Gasteiger partial charge in [0.15, 0.2) is 0 Å². The fourth-order valence-corrected chi connectivity index (χ4v) is 0.623. The Kier molecular flexibility index (Phi) is 8.67. The van der Waals surface area contributed by atoms with Crippen molar-refractivity contribution in [1.82, 2.24) is 0 Å². The third-order valence-electron chi connectivity index (χ3n) is 1.85. The van der Waals surface area contributed by atoms with Gasteiger partial charge in [0, 0.05) is 14.2 Å². The molecule has 0 aromatic rings. The Hall–Kier alpha value is -1.54. The lowest BCUT2D eigenvalue weighted by Crippen LogP contribution is -2.21. The van der Waals surface area contributed by atoms with Crippen LogP contribution in [0.3, 0.4) is 0 Å². The highest BCUT2D eigenvalue weighted by molar-refractivity contribution is 5.63. The van der Waals surface area contributed by atoms with Gasteiger partial charge in [-0.15, -0.1) is 0 Å². The van der Waals surface area contributed by atoms with Gasteiger partial charge < -0.3 is 18.9 Å². The van der Waals surface area contributed by atoms with Crippen molar-refractivity contribution in [2.24, 2.45) is 0 Å². The first kappa shape index (κ1) is 16.5. The molecule has 0 aromatic carbocycles. The van der Waals surface area contributed by atoms with Crippen molar-refractivity contribution in [2.75, 3.05) is 27.4 Å². The lowest BCUT2D eigenvalue weighted by atomic mass is 10.4. The maximum atomic E-state index is 10.9. The molecule has 0 heterocycles. The topological polar surface area (TPSA) is 89.5 Å². The normalized spacial score (nSPS) is 13.3. The minimum Gasteiger partial charge on any atom is -0.429 e. The summed E-state index contributed by atoms with van der Waals surface area (Å²) in [5.74, 6) is 0. The summed E-state index contributed by atoms with van der Waals surface area (Å²) < 4.78 is 18.7. The van der Waals surface area contributed by atoms with Crippen LogP contribution >= 0.6 is 0 Å². The maximum absolute atomic E-state index is 10.9. The van der Waals surface area contributed by atoms with Crippen molar-refractivity contribution in [3.63, 3.8) is 0 Å². The van der Waals surface area contributed by atoms with Gasteiger partial charge in [0.05, 0.1) is 12.2 Å². The summed E-state index contributed by atoms with van der Waals surface area (Å²) in [6.07, 6.45) is -2.88. The van der Waals surface area contributed by atoms with E-state index in [0.717, 1.165) is 0 Å². The van der Waals surface area contributed by atoms with Crippen molar-refractivity contribution in [2.45, 2.75) is 26.1 Å². The number of ether oxygens (including phenoxy) is 4. The SMILES string of the molecule is COC(C)COC(=O)OOC(=O)OCC(C)OC. The number of rotatable bonds is 6. The van der Waals surface area contributed by atoms with Gasteiger partial charge >= 0.3 is 12.3 Å². The molecule has 2 unspecified atom stereocenters. The van der Waals surface area contributed by atoms with E-state index >= 15 is 0 Å². The fourth-order valence-electron chi connectivity index (χ4n) is 0.623. The first-order chi connectivity index (χ1) is 8.49. The number of carbonyl (C=O) groups excluding carboxylic acids is 2. The van der Waals surface area contributed by atoms with Crippen LogP contribution in [0.4, 0.5) is 9.59 Å². The summed E-state index contributed by atoms with van der Waals surface area (Å²) in [6.45, 7) is 3.34. The first-order valence-corrected chi connectivity index (χ1v) is 5.23. The van der Waals surface area contributed by atoms with E-state index < -0.39 is 12.3 Å². The van der Waals surface area contributed by atoms with Crippen molar-refractivity contribution in [3.05, 3.63) is 0 Å². The van der Waals surface area contributed by atoms with E-state index in [0.29, 0.717) is 0 Å². The molecule has 0 spiro atoms. The molecule has 0 amide bonds. The van der Waals surface area contributed by atoms with Crippen LogP contribution in [0.15, 0.2) is 0 Å². The molecule has 8 nitrogen and oxygen atoms in total. The molecular formula is C10H18O8. The predicted octanol–water partition coefficient (Wildman–Crippen LogP) is 1.28. The number of methoxy groups -OCH3 is 2. The third kappa shape index (κ3) is 8.59. The maximum Gasteiger partial charge on any atom is 0.550 e. The molecule has 0 aliphatic heterocycles. The van der Waals surface area contributed by atoms with Crippen molar-refractivity contribution in [3.8, 4) is 0 Å². The summed E-state index contributed by atoms with van der Waals surface area (Å²) in [5.41, 5.74) is 0. The monoisotopic (exact) mass is 266 g/mol. The Bertz CT molecular complexity index is 228. The molecule has 0 bridgehead atoms. The average Bonchev–Trinajstić information content (AvgIpc) is 2.39. The molecule has 0 rings (SSSR count). The molecule has 0 radical (unpaired) electrons. The van der Waals surface area contributed by atoms with Gasteiger partial charge in [-0.3, -0.25) is 0 Å². The molecule has 0 fully saturated rings. The Labute approximate surface area is 105 Å². The molecule has 0 aliphatic carbocycles. The Morgan fingerprint density at radius 1 is 0.833 bits per heavy atom. The van der Waals surface area contributed by atoms with E-state index in [2.05, 4.69) is 19.2 Å². The van der Waals surface area contributed by atoms with Gasteiger partial charge in [-0.25, -0.2) is 0 Å². The van der Waals surface area contributed by atoms with Crippen LogP contribution in [0, 0.1) is 0 Å². The molecule has 0 saturated heterocycles. The van der Waals surface area contributed by atoms with Gasteiger partial charge in [0.1, 0.15) is 13.2 Å². The van der Waals surface area contributed by atoms with Gasteiger partial charge in [0.2, 0.25) is 0 Å². The highest BCUT2D eigenvalue weighted by Gasteiger charge is 2.14. The summed E-state index contributed by atoms with van der Waals surface area (Å²) >= 11 is 0. The largest absolute Gasteiger partial charge is 0.550 e. The summed E-state index contributed by atoms with van der Waals surface area (Å²) in [6, 6.07) is 0. The Morgan fingerprint density at radius 2 is 1.17 bits per heavy atom. The van der Waals surface area contributed by atoms with E-state index in [1.807, 2.05) is 0 Å². The van der Waals surface area contributed by atoms with Crippen LogP contribution in [-0.2, 0) is 28.7 Å². The number of carbonyl (C=O) groups is 2. The third-order valence-corrected chi connectivity index (χ3v) is 1.85. The summed E-state index contributed by atoms with van der Waals surface area (Å²) in [7, 11) is 2.92. The van der Waals surface area contributed by atoms with Crippen LogP contribution in [0.2, 0.25) is 0 Å². The van der Waals surface area contributed by atoms with Gasteiger partial charge in [0.25, 0.3) is 0 Å². The van der Waals surface area contributed by atoms with Crippen LogP contribution in [0.5, 0.6) is 0 Å². The number of hydrogen-bond acceptors (Lipinski definition) is 8. The second kappa shape index (κ2) is 9.49. The van der Waals surface area contributed by atoms with Crippen molar-refractivity contribution < 1.29 is 38.3 Å². The highest BCUT2D eigenvalue weighted by atomic mass is 17.3. The Morgan fingerprint density at radius 3 is 1.44 bits per heavy atom. The second-order valence-corrected chi connectivity index (χ2v) is 3.38. The zero-order chi connectivity index (χ0) is 14.0. The van der Waals surface area contributed by atoms with E-state index in [1.54, 1.807) is 13.8 Å². The molecule has 106 valence electrons.